The fraction of sp³-hybridized carbons (Fsp3) is 0.571. The maximum Gasteiger partial charge on any atom is 0.161 e. The fourth-order valence-electron chi connectivity index (χ4n) is 2.98. The Morgan fingerprint density at radius 1 is 1.14 bits per heavy atom. The Balaban J connectivity index is 1.89. The van der Waals surface area contributed by atoms with Crippen molar-refractivity contribution in [2.24, 2.45) is 0 Å². The topological polar surface area (TPSA) is 71.8 Å². The molecule has 0 aliphatic heterocycles. The molecular weight excluding hydrogens is 356 g/mol. The van der Waals surface area contributed by atoms with Crippen LogP contribution in [0.4, 0.5) is 0 Å². The predicted octanol–water partition coefficient (Wildman–Crippen LogP) is 2.28. The lowest BCUT2D eigenvalue weighted by Crippen LogP contribution is -2.35. The third-order valence-electron chi connectivity index (χ3n) is 4.69. The first kappa shape index (κ1) is 22.2. The Labute approximate surface area is 168 Å². The molecule has 1 unspecified atom stereocenters. The van der Waals surface area contributed by atoms with Gasteiger partial charge in [0.2, 0.25) is 0 Å². The first-order valence-electron chi connectivity index (χ1n) is 10.0. The molecule has 2 N–H and O–H groups in total. The minimum absolute atomic E-state index is 0.236. The van der Waals surface area contributed by atoms with Crippen molar-refractivity contribution in [3.05, 3.63) is 41.7 Å². The number of likely N-dealkylation sites (N-methyl/N-ethyl adjacent to an activating group) is 1. The summed E-state index contributed by atoms with van der Waals surface area (Å²) in [5, 5.41) is 17.9. The van der Waals surface area contributed by atoms with Gasteiger partial charge in [0.05, 0.1) is 13.3 Å². The lowest BCUT2D eigenvalue weighted by atomic mass is 10.2. The summed E-state index contributed by atoms with van der Waals surface area (Å²) in [6, 6.07) is 5.88. The zero-order valence-electron chi connectivity index (χ0n) is 17.5. The van der Waals surface area contributed by atoms with E-state index in [1.54, 1.807) is 7.11 Å². The highest BCUT2D eigenvalue weighted by Gasteiger charge is 2.12. The van der Waals surface area contributed by atoms with Gasteiger partial charge >= 0.3 is 0 Å². The molecule has 0 aliphatic rings. The van der Waals surface area contributed by atoms with Crippen LogP contribution in [-0.4, -0.2) is 59.2 Å². The monoisotopic (exact) mass is 390 g/mol. The molecule has 2 rings (SSSR count). The van der Waals surface area contributed by atoms with E-state index in [1.807, 2.05) is 35.3 Å². The van der Waals surface area contributed by atoms with Gasteiger partial charge in [-0.1, -0.05) is 19.9 Å². The van der Waals surface area contributed by atoms with Crippen molar-refractivity contribution in [1.29, 1.82) is 0 Å². The number of aliphatic hydroxyl groups is 1. The SMILES string of the molecule is CCN(CC)CC(O)COc1cc(CNCc2cnn(CC)c2)ccc1OC. The van der Waals surface area contributed by atoms with E-state index in [0.717, 1.165) is 37.3 Å². The van der Waals surface area contributed by atoms with Crippen molar-refractivity contribution in [2.45, 2.75) is 46.5 Å². The second-order valence-electron chi connectivity index (χ2n) is 6.74. The third kappa shape index (κ3) is 6.82. The molecule has 1 aromatic carbocycles. The van der Waals surface area contributed by atoms with Crippen molar-refractivity contribution in [1.82, 2.24) is 20.0 Å². The number of hydrogen-bond acceptors (Lipinski definition) is 6. The molecule has 28 heavy (non-hydrogen) atoms. The predicted molar refractivity (Wildman–Crippen MR) is 111 cm³/mol. The number of aliphatic hydroxyl groups excluding tert-OH is 1. The zero-order valence-corrected chi connectivity index (χ0v) is 17.5. The zero-order chi connectivity index (χ0) is 20.4. The number of aromatic nitrogens is 2. The van der Waals surface area contributed by atoms with Crippen LogP contribution in [0.1, 0.15) is 31.9 Å². The maximum absolute atomic E-state index is 10.2. The minimum Gasteiger partial charge on any atom is -0.493 e. The summed E-state index contributed by atoms with van der Waals surface area (Å²) in [7, 11) is 1.62. The van der Waals surface area contributed by atoms with Gasteiger partial charge in [-0.15, -0.1) is 0 Å². The van der Waals surface area contributed by atoms with Gasteiger partial charge in [0, 0.05) is 37.9 Å². The Hall–Kier alpha value is -2.09. The van der Waals surface area contributed by atoms with Crippen LogP contribution in [0, 0.1) is 0 Å². The van der Waals surface area contributed by atoms with Gasteiger partial charge < -0.3 is 24.8 Å². The van der Waals surface area contributed by atoms with E-state index in [0.29, 0.717) is 24.6 Å². The molecule has 0 radical (unpaired) electrons. The average Bonchev–Trinajstić information content (AvgIpc) is 3.18. The summed E-state index contributed by atoms with van der Waals surface area (Å²) < 4.78 is 13.2. The van der Waals surface area contributed by atoms with Crippen LogP contribution in [0.15, 0.2) is 30.6 Å². The normalized spacial score (nSPS) is 12.4. The molecular formula is C21H34N4O3. The molecule has 1 aromatic heterocycles. The maximum atomic E-state index is 10.2. The highest BCUT2D eigenvalue weighted by molar-refractivity contribution is 5.43. The summed E-state index contributed by atoms with van der Waals surface area (Å²) in [5.74, 6) is 1.32. The molecule has 156 valence electrons. The van der Waals surface area contributed by atoms with E-state index in [-0.39, 0.29) is 6.61 Å². The van der Waals surface area contributed by atoms with Crippen LogP contribution in [0.2, 0.25) is 0 Å². The van der Waals surface area contributed by atoms with E-state index in [1.165, 1.54) is 0 Å². The van der Waals surface area contributed by atoms with Crippen LogP contribution in [-0.2, 0) is 19.6 Å². The van der Waals surface area contributed by atoms with E-state index < -0.39 is 6.10 Å². The molecule has 0 saturated carbocycles. The van der Waals surface area contributed by atoms with Crippen molar-refractivity contribution in [3.8, 4) is 11.5 Å². The lowest BCUT2D eigenvalue weighted by Gasteiger charge is -2.22. The lowest BCUT2D eigenvalue weighted by molar-refractivity contribution is 0.0705. The van der Waals surface area contributed by atoms with E-state index in [4.69, 9.17) is 9.47 Å². The molecule has 0 spiro atoms. The van der Waals surface area contributed by atoms with Crippen molar-refractivity contribution in [3.63, 3.8) is 0 Å². The fourth-order valence-corrected chi connectivity index (χ4v) is 2.98. The first-order chi connectivity index (χ1) is 13.6. The Morgan fingerprint density at radius 3 is 2.54 bits per heavy atom. The number of aryl methyl sites for hydroxylation is 1. The molecule has 0 fully saturated rings. The van der Waals surface area contributed by atoms with Crippen molar-refractivity contribution >= 4 is 0 Å². The Kier molecular flexibility index (Phi) is 9.27. The molecule has 0 amide bonds. The van der Waals surface area contributed by atoms with Crippen molar-refractivity contribution < 1.29 is 14.6 Å². The standard InChI is InChI=1S/C21H34N4O3/c1-5-24(6-2)15-19(26)16-28-21-10-17(8-9-20(21)27-4)11-22-12-18-13-23-25(7-3)14-18/h8-10,13-14,19,22,26H,5-7,11-12,15-16H2,1-4H3. The number of nitrogens with zero attached hydrogens (tertiary/aromatic N) is 3. The van der Waals surface area contributed by atoms with Crippen LogP contribution in [0.3, 0.4) is 0 Å². The van der Waals surface area contributed by atoms with Crippen LogP contribution in [0.5, 0.6) is 11.5 Å². The summed E-state index contributed by atoms with van der Waals surface area (Å²) in [6.07, 6.45) is 3.39. The highest BCUT2D eigenvalue weighted by Crippen LogP contribution is 2.28. The van der Waals surface area contributed by atoms with Crippen LogP contribution < -0.4 is 14.8 Å². The van der Waals surface area contributed by atoms with Gasteiger partial charge in [0.1, 0.15) is 12.7 Å². The molecule has 7 nitrogen and oxygen atoms in total. The van der Waals surface area contributed by atoms with Gasteiger partial charge in [-0.3, -0.25) is 4.68 Å². The average molecular weight is 391 g/mol. The molecule has 1 atom stereocenters. The van der Waals surface area contributed by atoms with E-state index in [2.05, 4.69) is 36.1 Å². The number of nitrogens with one attached hydrogen (secondary N) is 1. The summed E-state index contributed by atoms with van der Waals surface area (Å²) in [6.45, 7) is 11.2. The van der Waals surface area contributed by atoms with Crippen LogP contribution >= 0.6 is 0 Å². The first-order valence-corrected chi connectivity index (χ1v) is 10.0. The largest absolute Gasteiger partial charge is 0.493 e. The second-order valence-corrected chi connectivity index (χ2v) is 6.74. The van der Waals surface area contributed by atoms with Gasteiger partial charge in [0.25, 0.3) is 0 Å². The smallest absolute Gasteiger partial charge is 0.161 e. The van der Waals surface area contributed by atoms with Gasteiger partial charge in [-0.05, 0) is 37.7 Å². The molecule has 7 heteroatoms. The van der Waals surface area contributed by atoms with E-state index in [9.17, 15) is 5.11 Å². The van der Waals surface area contributed by atoms with Crippen LogP contribution in [0.25, 0.3) is 0 Å². The number of ether oxygens (including phenoxy) is 2. The highest BCUT2D eigenvalue weighted by atomic mass is 16.5. The van der Waals surface area contributed by atoms with Crippen molar-refractivity contribution in [2.75, 3.05) is 33.4 Å². The van der Waals surface area contributed by atoms with E-state index >= 15 is 0 Å². The summed E-state index contributed by atoms with van der Waals surface area (Å²) in [4.78, 5) is 2.17. The third-order valence-corrected chi connectivity index (χ3v) is 4.69. The molecule has 0 saturated heterocycles. The molecule has 2 aromatic rings. The number of hydrogen-bond donors (Lipinski definition) is 2. The molecule has 0 bridgehead atoms. The molecule has 0 aliphatic carbocycles. The quantitative estimate of drug-likeness (QED) is 0.547. The summed E-state index contributed by atoms with van der Waals surface area (Å²) >= 11 is 0. The Morgan fingerprint density at radius 2 is 1.89 bits per heavy atom. The van der Waals surface area contributed by atoms with Gasteiger partial charge in [0.15, 0.2) is 11.5 Å². The summed E-state index contributed by atoms with van der Waals surface area (Å²) in [5.41, 5.74) is 2.25. The Bertz CT molecular complexity index is 701. The van der Waals surface area contributed by atoms with Gasteiger partial charge in [-0.2, -0.15) is 5.10 Å². The second kappa shape index (κ2) is 11.7. The minimum atomic E-state index is -0.540. The number of benzene rings is 1. The number of methoxy groups -OCH3 is 1. The number of rotatable bonds is 13. The molecule has 1 heterocycles. The van der Waals surface area contributed by atoms with Gasteiger partial charge in [-0.25, -0.2) is 0 Å².